The van der Waals surface area contributed by atoms with Gasteiger partial charge in [0.1, 0.15) is 5.92 Å². The topological polar surface area (TPSA) is 49.9 Å². The number of fused-ring (bicyclic) bond motifs is 1. The van der Waals surface area contributed by atoms with Crippen molar-refractivity contribution in [2.75, 3.05) is 9.96 Å². The first kappa shape index (κ1) is 17.6. The molecule has 0 aliphatic carbocycles. The molecule has 3 aromatic carbocycles. The molecule has 2 fully saturated rings. The van der Waals surface area contributed by atoms with Crippen molar-refractivity contribution in [3.63, 3.8) is 0 Å². The van der Waals surface area contributed by atoms with Gasteiger partial charge in [-0.25, -0.2) is 9.96 Å². The first-order valence-corrected chi connectivity index (χ1v) is 9.65. The molecule has 0 radical (unpaired) electrons. The van der Waals surface area contributed by atoms with Crippen molar-refractivity contribution in [2.24, 2.45) is 5.92 Å². The Balaban J connectivity index is 1.59. The fourth-order valence-corrected chi connectivity index (χ4v) is 4.15. The summed E-state index contributed by atoms with van der Waals surface area (Å²) in [6.07, 6.45) is -0.839. The molecular formula is C24H20N2O3. The highest BCUT2D eigenvalue weighted by Crippen LogP contribution is 2.47. The van der Waals surface area contributed by atoms with Gasteiger partial charge >= 0.3 is 0 Å². The summed E-state index contributed by atoms with van der Waals surface area (Å²) in [5, 5.41) is 1.72. The molecule has 5 rings (SSSR count). The number of anilines is 2. The summed E-state index contributed by atoms with van der Waals surface area (Å²) in [6, 6.07) is 26.3. The van der Waals surface area contributed by atoms with Gasteiger partial charge in [0.2, 0.25) is 5.91 Å². The summed E-state index contributed by atoms with van der Waals surface area (Å²) in [7, 11) is 0. The van der Waals surface area contributed by atoms with Crippen LogP contribution in [0.15, 0.2) is 84.9 Å². The number of imide groups is 1. The summed E-state index contributed by atoms with van der Waals surface area (Å²) >= 11 is 0. The molecule has 2 aliphatic heterocycles. The van der Waals surface area contributed by atoms with E-state index in [1.807, 2.05) is 79.7 Å². The van der Waals surface area contributed by atoms with Gasteiger partial charge in [-0.3, -0.25) is 14.4 Å². The third kappa shape index (κ3) is 2.82. The molecule has 0 saturated carbocycles. The summed E-state index contributed by atoms with van der Waals surface area (Å²) in [5.74, 6) is -1.15. The molecule has 2 saturated heterocycles. The molecule has 0 unspecified atom stereocenters. The maximum absolute atomic E-state index is 13.4. The molecule has 0 N–H and O–H groups in total. The van der Waals surface area contributed by atoms with Crippen LogP contribution in [0.4, 0.5) is 11.4 Å². The lowest BCUT2D eigenvalue weighted by Gasteiger charge is -2.28. The zero-order chi connectivity index (χ0) is 20.0. The summed E-state index contributed by atoms with van der Waals surface area (Å²) in [5.41, 5.74) is 3.48. The van der Waals surface area contributed by atoms with E-state index < -0.39 is 12.0 Å². The molecule has 3 atom stereocenters. The largest absolute Gasteiger partial charge is 0.273 e. The summed E-state index contributed by atoms with van der Waals surface area (Å²) in [6.45, 7) is 2.02. The van der Waals surface area contributed by atoms with Gasteiger partial charge in [-0.1, -0.05) is 66.2 Å². The predicted octanol–water partition coefficient (Wildman–Crippen LogP) is 4.05. The normalized spacial score (nSPS) is 23.6. The average Bonchev–Trinajstić information content (AvgIpc) is 3.26. The van der Waals surface area contributed by atoms with E-state index in [4.69, 9.17) is 4.84 Å². The Morgan fingerprint density at radius 2 is 1.31 bits per heavy atom. The standard InChI is InChI=1S/C24H20N2O3/c1-16-12-14-17(15-13-16)21-20-22(29-26(21)19-10-6-3-7-11-19)24(28)25(23(20)27)18-8-4-2-5-9-18/h2-15,20-22H,1H3/t20-,21-,22+/m0/s1. The van der Waals surface area contributed by atoms with Gasteiger partial charge in [0.05, 0.1) is 17.4 Å². The van der Waals surface area contributed by atoms with Gasteiger partial charge < -0.3 is 0 Å². The van der Waals surface area contributed by atoms with Gasteiger partial charge in [-0.2, -0.15) is 0 Å². The first-order chi connectivity index (χ1) is 14.1. The second-order valence-electron chi connectivity index (χ2n) is 7.42. The van der Waals surface area contributed by atoms with Crippen LogP contribution in [-0.2, 0) is 14.4 Å². The predicted molar refractivity (Wildman–Crippen MR) is 110 cm³/mol. The van der Waals surface area contributed by atoms with E-state index in [9.17, 15) is 9.59 Å². The van der Waals surface area contributed by atoms with E-state index in [-0.39, 0.29) is 17.9 Å². The van der Waals surface area contributed by atoms with Crippen molar-refractivity contribution >= 4 is 23.2 Å². The third-order valence-electron chi connectivity index (χ3n) is 5.56. The second-order valence-corrected chi connectivity index (χ2v) is 7.42. The highest BCUT2D eigenvalue weighted by atomic mass is 16.7. The van der Waals surface area contributed by atoms with Crippen LogP contribution in [0.25, 0.3) is 0 Å². The Hall–Kier alpha value is -3.44. The van der Waals surface area contributed by atoms with Gasteiger partial charge in [0, 0.05) is 0 Å². The minimum absolute atomic E-state index is 0.227. The van der Waals surface area contributed by atoms with Crippen molar-refractivity contribution in [1.82, 2.24) is 0 Å². The molecule has 2 amide bonds. The van der Waals surface area contributed by atoms with Crippen LogP contribution in [0.3, 0.4) is 0 Å². The minimum Gasteiger partial charge on any atom is -0.273 e. The van der Waals surface area contributed by atoms with Gasteiger partial charge in [0.15, 0.2) is 6.10 Å². The van der Waals surface area contributed by atoms with E-state index in [1.54, 1.807) is 17.2 Å². The zero-order valence-corrected chi connectivity index (χ0v) is 15.9. The van der Waals surface area contributed by atoms with Crippen molar-refractivity contribution in [3.05, 3.63) is 96.1 Å². The first-order valence-electron chi connectivity index (χ1n) is 9.65. The van der Waals surface area contributed by atoms with E-state index in [0.717, 1.165) is 16.8 Å². The molecule has 144 valence electrons. The SMILES string of the molecule is Cc1ccc([C@H]2[C@@H]3C(=O)N(c4ccccc4)C(=O)[C@@H]3ON2c2ccccc2)cc1. The van der Waals surface area contributed by atoms with Crippen LogP contribution < -0.4 is 9.96 Å². The zero-order valence-electron chi connectivity index (χ0n) is 15.9. The fraction of sp³-hybridized carbons (Fsp3) is 0.167. The maximum atomic E-state index is 13.4. The van der Waals surface area contributed by atoms with Crippen LogP contribution in [-0.4, -0.2) is 17.9 Å². The Labute approximate surface area is 169 Å². The smallest absolute Gasteiger partial charge is 0.266 e. The fourth-order valence-electron chi connectivity index (χ4n) is 4.15. The van der Waals surface area contributed by atoms with E-state index in [0.29, 0.717) is 5.69 Å². The third-order valence-corrected chi connectivity index (χ3v) is 5.56. The van der Waals surface area contributed by atoms with Crippen molar-refractivity contribution in [2.45, 2.75) is 19.1 Å². The monoisotopic (exact) mass is 384 g/mol. The van der Waals surface area contributed by atoms with Crippen molar-refractivity contribution in [3.8, 4) is 0 Å². The van der Waals surface area contributed by atoms with Crippen molar-refractivity contribution in [1.29, 1.82) is 0 Å². The molecular weight excluding hydrogens is 364 g/mol. The number of amides is 2. The molecule has 0 aromatic heterocycles. The maximum Gasteiger partial charge on any atom is 0.266 e. The van der Waals surface area contributed by atoms with Gasteiger partial charge in [-0.15, -0.1) is 0 Å². The Morgan fingerprint density at radius 3 is 1.93 bits per heavy atom. The van der Waals surface area contributed by atoms with Crippen LogP contribution in [0, 0.1) is 12.8 Å². The molecule has 0 bridgehead atoms. The number of aryl methyl sites for hydroxylation is 1. The molecule has 2 aliphatic rings. The number of benzene rings is 3. The minimum atomic E-state index is -0.839. The number of hydrogen-bond donors (Lipinski definition) is 0. The molecule has 2 heterocycles. The molecule has 5 heteroatoms. The van der Waals surface area contributed by atoms with Gasteiger partial charge in [-0.05, 0) is 36.8 Å². The van der Waals surface area contributed by atoms with Crippen molar-refractivity contribution < 1.29 is 14.4 Å². The Bertz CT molecular complexity index is 1050. The number of rotatable bonds is 3. The van der Waals surface area contributed by atoms with E-state index in [1.165, 1.54) is 4.90 Å². The number of hydroxylamine groups is 1. The Kier molecular flexibility index (Phi) is 4.18. The molecule has 5 nitrogen and oxygen atoms in total. The summed E-state index contributed by atoms with van der Waals surface area (Å²) in [4.78, 5) is 34.0. The average molecular weight is 384 g/mol. The summed E-state index contributed by atoms with van der Waals surface area (Å²) < 4.78 is 0. The number of nitrogens with zero attached hydrogens (tertiary/aromatic N) is 2. The highest BCUT2D eigenvalue weighted by molar-refractivity contribution is 6.23. The van der Waals surface area contributed by atoms with Crippen LogP contribution in [0.5, 0.6) is 0 Å². The molecule has 3 aromatic rings. The van der Waals surface area contributed by atoms with Crippen LogP contribution >= 0.6 is 0 Å². The Morgan fingerprint density at radius 1 is 0.724 bits per heavy atom. The number of para-hydroxylation sites is 2. The molecule has 29 heavy (non-hydrogen) atoms. The lowest BCUT2D eigenvalue weighted by Crippen LogP contribution is -2.37. The number of hydrogen-bond acceptors (Lipinski definition) is 4. The van der Waals surface area contributed by atoms with Crippen LogP contribution in [0.2, 0.25) is 0 Å². The number of carbonyl (C=O) groups excluding carboxylic acids is 2. The lowest BCUT2D eigenvalue weighted by molar-refractivity contribution is -0.126. The van der Waals surface area contributed by atoms with E-state index in [2.05, 4.69) is 0 Å². The second kappa shape index (κ2) is 6.87. The van der Waals surface area contributed by atoms with Crippen LogP contribution in [0.1, 0.15) is 17.2 Å². The highest BCUT2D eigenvalue weighted by Gasteiger charge is 2.60. The van der Waals surface area contributed by atoms with Gasteiger partial charge in [0.25, 0.3) is 5.91 Å². The van der Waals surface area contributed by atoms with E-state index >= 15 is 0 Å². The molecule has 0 spiro atoms. The lowest BCUT2D eigenvalue weighted by atomic mass is 9.90. The number of carbonyl (C=O) groups is 2. The quantitative estimate of drug-likeness (QED) is 0.640.